The van der Waals surface area contributed by atoms with E-state index in [1.54, 1.807) is 10.4 Å². The molecule has 21 heavy (non-hydrogen) atoms. The molecule has 0 amide bonds. The zero-order chi connectivity index (χ0) is 15.2. The molecule has 2 aliphatic heterocycles. The van der Waals surface area contributed by atoms with Crippen LogP contribution in [0, 0.1) is 6.92 Å². The molecular weight excluding hydrogens is 372 g/mol. The monoisotopic (exact) mass is 392 g/mol. The van der Waals surface area contributed by atoms with Gasteiger partial charge in [0.15, 0.2) is 0 Å². The third-order valence-electron chi connectivity index (χ3n) is 4.56. The molecule has 1 aromatic rings. The quantitative estimate of drug-likeness (QED) is 0.776. The summed E-state index contributed by atoms with van der Waals surface area (Å²) in [4.78, 5) is 3.80. The van der Waals surface area contributed by atoms with E-state index in [-0.39, 0.29) is 6.04 Å². The normalized spacial score (nSPS) is 28.5. The molecule has 2 atom stereocenters. The minimum atomic E-state index is -3.38. The van der Waals surface area contributed by atoms with Crippen LogP contribution in [0.5, 0.6) is 0 Å². The fourth-order valence-electron chi connectivity index (χ4n) is 3.47. The number of nitrogens with zero attached hydrogens (tertiary/aromatic N) is 2. The largest absolute Gasteiger partial charge is 0.297 e. The average molecular weight is 393 g/mol. The number of piperazine rings is 1. The van der Waals surface area contributed by atoms with Crippen LogP contribution in [0.1, 0.15) is 31.1 Å². The van der Waals surface area contributed by atoms with Crippen molar-refractivity contribution in [1.29, 1.82) is 0 Å². The van der Waals surface area contributed by atoms with Gasteiger partial charge in [-0.05, 0) is 55.2 Å². The van der Waals surface area contributed by atoms with Gasteiger partial charge in [0.2, 0.25) is 10.0 Å². The molecule has 0 radical (unpaired) electrons. The van der Waals surface area contributed by atoms with Gasteiger partial charge in [0.1, 0.15) is 0 Å². The van der Waals surface area contributed by atoms with Crippen LogP contribution in [-0.4, -0.2) is 49.3 Å². The molecule has 1 aromatic heterocycles. The van der Waals surface area contributed by atoms with Gasteiger partial charge < -0.3 is 0 Å². The van der Waals surface area contributed by atoms with Crippen molar-refractivity contribution in [2.24, 2.45) is 0 Å². The van der Waals surface area contributed by atoms with E-state index in [2.05, 4.69) is 20.8 Å². The average Bonchev–Trinajstić information content (AvgIpc) is 2.77. The molecule has 4 nitrogen and oxygen atoms in total. The first-order valence-corrected chi connectivity index (χ1v) is 10.5. The van der Waals surface area contributed by atoms with Crippen LogP contribution in [0.4, 0.5) is 0 Å². The van der Waals surface area contributed by atoms with Crippen LogP contribution in [0.25, 0.3) is 0 Å². The summed E-state index contributed by atoms with van der Waals surface area (Å²) < 4.78 is 28.6. The Hall–Kier alpha value is 0.0500. The second-order valence-electron chi connectivity index (χ2n) is 6.04. The Bertz CT molecular complexity index is 629. The number of hydrogen-bond donors (Lipinski definition) is 0. The third-order valence-corrected chi connectivity index (χ3v) is 8.35. The standard InChI is InChI=1S/C14H21BrN2O2S2/c1-10-8-16-6-4-3-5-12(16)9-17(10)21(18,19)13-7-14(15)20-11(13)2/h7,10,12H,3-6,8-9H2,1-2H3. The summed E-state index contributed by atoms with van der Waals surface area (Å²) in [5.74, 6) is 0. The van der Waals surface area contributed by atoms with E-state index in [1.165, 1.54) is 24.2 Å². The summed E-state index contributed by atoms with van der Waals surface area (Å²) in [7, 11) is -3.38. The third kappa shape index (κ3) is 2.95. The first-order valence-electron chi connectivity index (χ1n) is 7.41. The molecule has 2 saturated heterocycles. The number of sulfonamides is 1. The summed E-state index contributed by atoms with van der Waals surface area (Å²) >= 11 is 4.88. The van der Waals surface area contributed by atoms with E-state index in [9.17, 15) is 8.42 Å². The number of thiophene rings is 1. The molecular formula is C14H21BrN2O2S2. The zero-order valence-electron chi connectivity index (χ0n) is 12.4. The predicted molar refractivity (Wildman–Crippen MR) is 89.3 cm³/mol. The number of rotatable bonds is 2. The number of hydrogen-bond acceptors (Lipinski definition) is 4. The maximum Gasteiger partial charge on any atom is 0.244 e. The molecule has 2 fully saturated rings. The maximum absolute atomic E-state index is 13.0. The molecule has 0 saturated carbocycles. The molecule has 3 rings (SSSR count). The highest BCUT2D eigenvalue weighted by Gasteiger charge is 2.40. The van der Waals surface area contributed by atoms with Crippen LogP contribution in [-0.2, 0) is 10.0 Å². The molecule has 0 aromatic carbocycles. The van der Waals surface area contributed by atoms with Crippen molar-refractivity contribution in [1.82, 2.24) is 9.21 Å². The van der Waals surface area contributed by atoms with Crippen molar-refractivity contribution in [3.8, 4) is 0 Å². The first kappa shape index (κ1) is 15.9. The summed E-state index contributed by atoms with van der Waals surface area (Å²) in [6.45, 7) is 6.51. The molecule has 0 bridgehead atoms. The van der Waals surface area contributed by atoms with E-state index in [1.807, 2.05) is 13.8 Å². The number of fused-ring (bicyclic) bond motifs is 1. The van der Waals surface area contributed by atoms with E-state index >= 15 is 0 Å². The van der Waals surface area contributed by atoms with Gasteiger partial charge in [-0.25, -0.2) is 8.42 Å². The Balaban J connectivity index is 1.89. The Labute approximate surface area is 139 Å². The highest BCUT2D eigenvalue weighted by atomic mass is 79.9. The molecule has 3 heterocycles. The van der Waals surface area contributed by atoms with Crippen LogP contribution in [0.15, 0.2) is 14.7 Å². The fourth-order valence-corrected chi connectivity index (χ4v) is 7.52. The lowest BCUT2D eigenvalue weighted by Gasteiger charge is -2.46. The summed E-state index contributed by atoms with van der Waals surface area (Å²) in [6.07, 6.45) is 3.57. The number of halogens is 1. The number of piperidine rings is 1. The van der Waals surface area contributed by atoms with E-state index in [4.69, 9.17) is 0 Å². The summed E-state index contributed by atoms with van der Waals surface area (Å²) in [5.41, 5.74) is 0. The van der Waals surface area contributed by atoms with Crippen molar-refractivity contribution in [3.63, 3.8) is 0 Å². The predicted octanol–water partition coefficient (Wildman–Crippen LogP) is 3.07. The lowest BCUT2D eigenvalue weighted by Crippen LogP contribution is -2.59. The van der Waals surface area contributed by atoms with Crippen molar-refractivity contribution >= 4 is 37.3 Å². The van der Waals surface area contributed by atoms with Gasteiger partial charge in [-0.2, -0.15) is 4.31 Å². The Morgan fingerprint density at radius 2 is 2.10 bits per heavy atom. The summed E-state index contributed by atoms with van der Waals surface area (Å²) in [6, 6.07) is 2.18. The Morgan fingerprint density at radius 3 is 2.76 bits per heavy atom. The first-order chi connectivity index (χ1) is 9.89. The molecule has 0 spiro atoms. The molecule has 2 unspecified atom stereocenters. The van der Waals surface area contributed by atoms with Crippen LogP contribution in [0.2, 0.25) is 0 Å². The van der Waals surface area contributed by atoms with Crippen molar-refractivity contribution < 1.29 is 8.42 Å². The van der Waals surface area contributed by atoms with E-state index < -0.39 is 10.0 Å². The Morgan fingerprint density at radius 1 is 1.33 bits per heavy atom. The van der Waals surface area contributed by atoms with Gasteiger partial charge in [-0.3, -0.25) is 4.90 Å². The van der Waals surface area contributed by atoms with Crippen LogP contribution >= 0.6 is 27.3 Å². The van der Waals surface area contributed by atoms with E-state index in [0.29, 0.717) is 17.5 Å². The van der Waals surface area contributed by atoms with Crippen LogP contribution < -0.4 is 0 Å². The lowest BCUT2D eigenvalue weighted by molar-refractivity contribution is 0.0564. The SMILES string of the molecule is Cc1sc(Br)cc1S(=O)(=O)N1CC2CCCCN2CC1C. The maximum atomic E-state index is 13.0. The molecule has 0 N–H and O–H groups in total. The zero-order valence-corrected chi connectivity index (χ0v) is 15.6. The molecule has 118 valence electrons. The van der Waals surface area contributed by atoms with Crippen molar-refractivity contribution in [2.75, 3.05) is 19.6 Å². The highest BCUT2D eigenvalue weighted by molar-refractivity contribution is 9.11. The van der Waals surface area contributed by atoms with Gasteiger partial charge in [-0.15, -0.1) is 11.3 Å². The van der Waals surface area contributed by atoms with Gasteiger partial charge >= 0.3 is 0 Å². The summed E-state index contributed by atoms with van der Waals surface area (Å²) in [5, 5.41) is 0. The van der Waals surface area contributed by atoms with E-state index in [0.717, 1.165) is 28.2 Å². The topological polar surface area (TPSA) is 40.6 Å². The van der Waals surface area contributed by atoms with Gasteiger partial charge in [0.05, 0.1) is 8.68 Å². The smallest absolute Gasteiger partial charge is 0.244 e. The van der Waals surface area contributed by atoms with Gasteiger partial charge in [0, 0.05) is 30.1 Å². The number of aryl methyl sites for hydroxylation is 1. The minimum absolute atomic E-state index is 0.0439. The highest BCUT2D eigenvalue weighted by Crippen LogP contribution is 2.34. The molecule has 0 aliphatic carbocycles. The van der Waals surface area contributed by atoms with Crippen LogP contribution in [0.3, 0.4) is 0 Å². The lowest BCUT2D eigenvalue weighted by atomic mass is 9.99. The minimum Gasteiger partial charge on any atom is -0.297 e. The van der Waals surface area contributed by atoms with Gasteiger partial charge in [-0.1, -0.05) is 6.42 Å². The second kappa shape index (κ2) is 5.92. The second-order valence-corrected chi connectivity index (χ2v) is 10.5. The van der Waals surface area contributed by atoms with Gasteiger partial charge in [0.25, 0.3) is 0 Å². The molecule has 7 heteroatoms. The Kier molecular flexibility index (Phi) is 4.49. The fraction of sp³-hybridized carbons (Fsp3) is 0.714. The van der Waals surface area contributed by atoms with Crippen molar-refractivity contribution in [2.45, 2.75) is 50.1 Å². The molecule has 2 aliphatic rings. The van der Waals surface area contributed by atoms with Crippen molar-refractivity contribution in [3.05, 3.63) is 14.7 Å².